The van der Waals surface area contributed by atoms with E-state index in [0.717, 1.165) is 11.3 Å². The Balaban J connectivity index is 2.20. The fourth-order valence-electron chi connectivity index (χ4n) is 3.61. The maximum Gasteiger partial charge on any atom is 0.412 e. The minimum absolute atomic E-state index is 0.0334. The standard InChI is InChI=1S/C26H33NO4SSi/c1-24(2,3)30-23(29)27-22-19(28)17-26(31-33(7,8)25(4,5)6)15-12-10-9-11-13-20-21(22)18(26)14-16-32-20/h9-10,14,20H,16-17H2,1-8H3,(H,27,29)/b10-9-/t20-,26+/m0/s1. The summed E-state index contributed by atoms with van der Waals surface area (Å²) in [5, 5.41) is 2.38. The zero-order valence-corrected chi connectivity index (χ0v) is 22.6. The molecule has 1 N–H and O–H groups in total. The molecule has 5 nitrogen and oxygen atoms in total. The maximum atomic E-state index is 13.6. The third-order valence-electron chi connectivity index (χ3n) is 6.10. The molecule has 3 rings (SSSR count). The van der Waals surface area contributed by atoms with Crippen LogP contribution in [0.3, 0.4) is 0 Å². The fraction of sp³-hybridized carbons (Fsp3) is 0.538. The summed E-state index contributed by atoms with van der Waals surface area (Å²) in [6, 6.07) is 0. The molecule has 1 heterocycles. The molecule has 0 saturated carbocycles. The smallest absolute Gasteiger partial charge is 0.412 e. The highest BCUT2D eigenvalue weighted by molar-refractivity contribution is 8.00. The van der Waals surface area contributed by atoms with Crippen LogP contribution in [-0.2, 0) is 14.0 Å². The van der Waals surface area contributed by atoms with Gasteiger partial charge in [-0.3, -0.25) is 10.1 Å². The molecule has 0 saturated heterocycles. The van der Waals surface area contributed by atoms with Crippen molar-refractivity contribution in [3.8, 4) is 23.7 Å². The van der Waals surface area contributed by atoms with Crippen molar-refractivity contribution < 1.29 is 18.8 Å². The number of hydrogen-bond acceptors (Lipinski definition) is 5. The summed E-state index contributed by atoms with van der Waals surface area (Å²) < 4.78 is 12.4. The Morgan fingerprint density at radius 2 is 1.85 bits per heavy atom. The van der Waals surface area contributed by atoms with Crippen molar-refractivity contribution in [3.63, 3.8) is 0 Å². The van der Waals surface area contributed by atoms with Crippen LogP contribution in [0, 0.1) is 23.7 Å². The van der Waals surface area contributed by atoms with Gasteiger partial charge in [0.1, 0.15) is 5.60 Å². The summed E-state index contributed by atoms with van der Waals surface area (Å²) in [5.41, 5.74) is 0.0149. The average molecular weight is 484 g/mol. The summed E-state index contributed by atoms with van der Waals surface area (Å²) >= 11 is 1.62. The maximum absolute atomic E-state index is 13.6. The minimum Gasteiger partial charge on any atom is -0.444 e. The predicted octanol–water partition coefficient (Wildman–Crippen LogP) is 5.12. The topological polar surface area (TPSA) is 64.6 Å². The number of allylic oxidation sites excluding steroid dienone is 3. The first-order chi connectivity index (χ1) is 15.2. The first kappa shape index (κ1) is 25.4. The van der Waals surface area contributed by atoms with Gasteiger partial charge in [0.2, 0.25) is 0 Å². The second-order valence-electron chi connectivity index (χ2n) is 10.9. The molecule has 33 heavy (non-hydrogen) atoms. The van der Waals surface area contributed by atoms with Gasteiger partial charge in [0.05, 0.1) is 17.4 Å². The number of ketones is 1. The number of carbonyl (C=O) groups is 2. The highest BCUT2D eigenvalue weighted by Crippen LogP contribution is 2.49. The van der Waals surface area contributed by atoms with E-state index in [1.54, 1.807) is 44.7 Å². The Morgan fingerprint density at radius 3 is 2.48 bits per heavy atom. The molecule has 7 heteroatoms. The summed E-state index contributed by atoms with van der Waals surface area (Å²) in [4.78, 5) is 26.2. The Morgan fingerprint density at radius 1 is 1.18 bits per heavy atom. The number of amides is 1. The van der Waals surface area contributed by atoms with Gasteiger partial charge in [-0.2, -0.15) is 0 Å². The predicted molar refractivity (Wildman–Crippen MR) is 136 cm³/mol. The average Bonchev–Trinajstić information content (AvgIpc) is 2.64. The van der Waals surface area contributed by atoms with E-state index in [2.05, 4.69) is 68.9 Å². The molecule has 3 aliphatic rings. The van der Waals surface area contributed by atoms with Crippen molar-refractivity contribution >= 4 is 32.0 Å². The van der Waals surface area contributed by atoms with Crippen molar-refractivity contribution in [3.05, 3.63) is 35.1 Å². The molecular weight excluding hydrogens is 450 g/mol. The summed E-state index contributed by atoms with van der Waals surface area (Å²) in [7, 11) is -2.32. The zero-order valence-electron chi connectivity index (χ0n) is 20.8. The molecule has 0 radical (unpaired) electrons. The number of alkyl carbamates (subject to hydrolysis) is 1. The van der Waals surface area contributed by atoms with Crippen LogP contribution in [-0.4, -0.2) is 42.4 Å². The van der Waals surface area contributed by atoms with E-state index in [9.17, 15) is 9.59 Å². The van der Waals surface area contributed by atoms with Gasteiger partial charge in [0.15, 0.2) is 19.7 Å². The van der Waals surface area contributed by atoms with Gasteiger partial charge >= 0.3 is 6.09 Å². The van der Waals surface area contributed by atoms with E-state index < -0.39 is 25.6 Å². The molecule has 1 amide bonds. The Labute approximate surface area is 203 Å². The zero-order chi connectivity index (χ0) is 24.7. The summed E-state index contributed by atoms with van der Waals surface area (Å²) in [5.74, 6) is 13.1. The van der Waals surface area contributed by atoms with Crippen molar-refractivity contribution in [2.24, 2.45) is 0 Å². The number of hydrogen-bond donors (Lipinski definition) is 1. The van der Waals surface area contributed by atoms with E-state index in [1.165, 1.54) is 0 Å². The molecule has 0 unspecified atom stereocenters. The van der Waals surface area contributed by atoms with Crippen molar-refractivity contribution in [2.45, 2.75) is 82.5 Å². The van der Waals surface area contributed by atoms with Crippen LogP contribution >= 0.6 is 11.8 Å². The monoisotopic (exact) mass is 483 g/mol. The number of carbonyl (C=O) groups excluding carboxylic acids is 2. The molecule has 2 atom stereocenters. The van der Waals surface area contributed by atoms with Crippen LogP contribution in [0.2, 0.25) is 18.1 Å². The molecular formula is C26H33NO4SSi. The van der Waals surface area contributed by atoms with Crippen molar-refractivity contribution in [1.82, 2.24) is 5.32 Å². The summed E-state index contributed by atoms with van der Waals surface area (Å²) in [6.07, 6.45) is 4.88. The molecule has 0 aromatic rings. The van der Waals surface area contributed by atoms with E-state index in [4.69, 9.17) is 9.16 Å². The van der Waals surface area contributed by atoms with E-state index in [1.807, 2.05) is 0 Å². The van der Waals surface area contributed by atoms with Gasteiger partial charge in [-0.25, -0.2) is 4.79 Å². The Hall–Kier alpha value is -2.19. The Bertz CT molecular complexity index is 1080. The highest BCUT2D eigenvalue weighted by atomic mass is 32.2. The second kappa shape index (κ2) is 8.87. The summed E-state index contributed by atoms with van der Waals surface area (Å²) in [6.45, 7) is 16.2. The van der Waals surface area contributed by atoms with E-state index in [-0.39, 0.29) is 28.2 Å². The molecule has 0 aromatic carbocycles. The first-order valence-corrected chi connectivity index (χ1v) is 15.1. The number of ether oxygens (including phenoxy) is 1. The SMILES string of the molecule is CC(C)(C)OC(=O)NC1=C2C3=CCS[C@H]2C#C/C=C\C#C[C@@]3(O[Si](C)(C)C(C)(C)C)CC1=O. The lowest BCUT2D eigenvalue weighted by molar-refractivity contribution is -0.118. The van der Waals surface area contributed by atoms with Gasteiger partial charge in [-0.05, 0) is 56.6 Å². The third kappa shape index (κ3) is 5.49. The number of nitrogens with one attached hydrogen (secondary N) is 1. The van der Waals surface area contributed by atoms with Crippen LogP contribution in [0.1, 0.15) is 48.0 Å². The van der Waals surface area contributed by atoms with Crippen LogP contribution < -0.4 is 5.32 Å². The fourth-order valence-corrected chi connectivity index (χ4v) is 6.04. The van der Waals surface area contributed by atoms with Gasteiger partial charge in [0.25, 0.3) is 0 Å². The highest BCUT2D eigenvalue weighted by Gasteiger charge is 2.52. The van der Waals surface area contributed by atoms with Gasteiger partial charge < -0.3 is 9.16 Å². The van der Waals surface area contributed by atoms with Crippen molar-refractivity contribution in [1.29, 1.82) is 0 Å². The number of Topliss-reactive ketones (excluding diaryl/α,β-unsaturated/α-hetero) is 1. The van der Waals surface area contributed by atoms with Crippen LogP contribution in [0.15, 0.2) is 35.1 Å². The molecule has 2 aliphatic carbocycles. The number of rotatable bonds is 3. The van der Waals surface area contributed by atoms with E-state index >= 15 is 0 Å². The minimum atomic E-state index is -2.32. The lowest BCUT2D eigenvalue weighted by Gasteiger charge is -2.47. The van der Waals surface area contributed by atoms with Crippen LogP contribution in [0.5, 0.6) is 0 Å². The van der Waals surface area contributed by atoms with Crippen LogP contribution in [0.4, 0.5) is 4.79 Å². The lowest BCUT2D eigenvalue weighted by Crippen LogP contribution is -2.54. The first-order valence-electron chi connectivity index (χ1n) is 11.1. The van der Waals surface area contributed by atoms with Gasteiger partial charge in [-0.15, -0.1) is 11.8 Å². The number of thioether (sulfide) groups is 1. The van der Waals surface area contributed by atoms with Crippen LogP contribution in [0.25, 0.3) is 0 Å². The molecule has 1 aliphatic heterocycles. The normalized spacial score (nSPS) is 25.6. The molecule has 0 spiro atoms. The van der Waals surface area contributed by atoms with E-state index in [0.29, 0.717) is 5.57 Å². The second-order valence-corrected chi connectivity index (χ2v) is 16.8. The van der Waals surface area contributed by atoms with Crippen molar-refractivity contribution in [2.75, 3.05) is 5.75 Å². The molecule has 0 aromatic heterocycles. The third-order valence-corrected chi connectivity index (χ3v) is 11.6. The molecule has 176 valence electrons. The molecule has 4 bridgehead atoms. The van der Waals surface area contributed by atoms with Gasteiger partial charge in [-0.1, -0.05) is 50.5 Å². The largest absolute Gasteiger partial charge is 0.444 e. The Kier molecular flexibility index (Phi) is 6.84. The quantitative estimate of drug-likeness (QED) is 0.446. The van der Waals surface area contributed by atoms with Gasteiger partial charge in [0, 0.05) is 11.3 Å². The lowest BCUT2D eigenvalue weighted by atomic mass is 9.76. The molecule has 0 fully saturated rings.